The summed E-state index contributed by atoms with van der Waals surface area (Å²) in [5.41, 5.74) is 10.3. The molecule has 7 rings (SSSR count). The summed E-state index contributed by atoms with van der Waals surface area (Å²) in [5, 5.41) is 38.0. The molecule has 11 heteroatoms. The van der Waals surface area contributed by atoms with E-state index in [4.69, 9.17) is 0 Å². The van der Waals surface area contributed by atoms with Crippen molar-refractivity contribution in [3.05, 3.63) is 175 Å². The summed E-state index contributed by atoms with van der Waals surface area (Å²) in [6.07, 6.45) is 0. The van der Waals surface area contributed by atoms with Crippen molar-refractivity contribution in [2.75, 3.05) is 0 Å². The highest BCUT2D eigenvalue weighted by atomic mass is 79.9. The van der Waals surface area contributed by atoms with Gasteiger partial charge in [-0.3, -0.25) is 0 Å². The topological polar surface area (TPSA) is 149 Å². The average molecular weight is 947 g/mol. The number of hydrogen-bond acceptors (Lipinski definition) is 4. The maximum Gasteiger partial charge on any atom is 0.335 e. The zero-order valence-corrected chi connectivity index (χ0v) is 34.1. The molecule has 0 radical (unpaired) electrons. The molecular weight excluding hydrogens is 920 g/mol. The van der Waals surface area contributed by atoms with Crippen LogP contribution in [-0.2, 0) is 0 Å². The van der Waals surface area contributed by atoms with Gasteiger partial charge in [-0.2, -0.15) is 0 Å². The van der Waals surface area contributed by atoms with Gasteiger partial charge in [0.1, 0.15) is 0 Å². The second-order valence-corrected chi connectivity index (χ2v) is 15.5. The van der Waals surface area contributed by atoms with Gasteiger partial charge in [0, 0.05) is 19.0 Å². The van der Waals surface area contributed by atoms with E-state index in [9.17, 15) is 39.6 Å². The van der Waals surface area contributed by atoms with Gasteiger partial charge in [0.2, 0.25) is 0 Å². The third-order valence-corrected chi connectivity index (χ3v) is 12.3. The first kappa shape index (κ1) is 39.1. The Balaban J connectivity index is 1.39. The Morgan fingerprint density at radius 1 is 0.316 bits per heavy atom. The lowest BCUT2D eigenvalue weighted by Crippen LogP contribution is -1.96. The molecule has 0 saturated carbocycles. The van der Waals surface area contributed by atoms with Crippen LogP contribution in [0.5, 0.6) is 0 Å². The Morgan fingerprint density at radius 2 is 0.579 bits per heavy atom. The molecule has 0 aliphatic rings. The van der Waals surface area contributed by atoms with Crippen LogP contribution in [0.2, 0.25) is 0 Å². The maximum atomic E-state index is 11.6. The van der Waals surface area contributed by atoms with Gasteiger partial charge < -0.3 is 20.4 Å². The molecule has 0 aliphatic carbocycles. The van der Waals surface area contributed by atoms with Crippen molar-refractivity contribution < 1.29 is 39.6 Å². The average Bonchev–Trinajstić information content (AvgIpc) is 3.22. The number of halogens is 3. The quantitative estimate of drug-likeness (QED) is 0.0990. The minimum atomic E-state index is -1.03. The zero-order valence-electron chi connectivity index (χ0n) is 29.3. The number of rotatable bonds is 10. The van der Waals surface area contributed by atoms with Gasteiger partial charge in [-0.15, -0.1) is 0 Å². The van der Waals surface area contributed by atoms with Gasteiger partial charge in [0.05, 0.1) is 22.3 Å². The van der Waals surface area contributed by atoms with Crippen molar-refractivity contribution in [2.24, 2.45) is 0 Å². The molecule has 4 N–H and O–H groups in total. The minimum Gasteiger partial charge on any atom is -0.478 e. The van der Waals surface area contributed by atoms with E-state index in [2.05, 4.69) is 47.8 Å². The molecule has 0 bridgehead atoms. The molecule has 57 heavy (non-hydrogen) atoms. The van der Waals surface area contributed by atoms with Crippen molar-refractivity contribution in [3.8, 4) is 66.8 Å². The molecule has 0 unspecified atom stereocenters. The van der Waals surface area contributed by atoms with E-state index in [-0.39, 0.29) is 22.3 Å². The smallest absolute Gasteiger partial charge is 0.335 e. The van der Waals surface area contributed by atoms with Gasteiger partial charge in [0.15, 0.2) is 0 Å². The third-order valence-electron chi connectivity index (χ3n) is 9.48. The van der Waals surface area contributed by atoms with Crippen LogP contribution >= 0.6 is 47.8 Å². The summed E-state index contributed by atoms with van der Waals surface area (Å²) in [6, 6.07) is 40.3. The van der Waals surface area contributed by atoms with Crippen LogP contribution < -0.4 is 0 Å². The molecule has 7 aromatic rings. The Bertz CT molecular complexity index is 2590. The van der Waals surface area contributed by atoms with Gasteiger partial charge >= 0.3 is 23.9 Å². The molecule has 0 spiro atoms. The summed E-state index contributed by atoms with van der Waals surface area (Å²) < 4.78 is 2.19. The lowest BCUT2D eigenvalue weighted by Gasteiger charge is -2.18. The van der Waals surface area contributed by atoms with E-state index in [0.717, 1.165) is 80.2 Å². The molecule has 7 aromatic carbocycles. The summed E-state index contributed by atoms with van der Waals surface area (Å²) in [7, 11) is 0. The molecule has 0 heterocycles. The number of carboxylic acid groups (broad SMARTS) is 4. The second kappa shape index (κ2) is 16.1. The fraction of sp³-hybridized carbons (Fsp3) is 0. The number of hydrogen-bond donors (Lipinski definition) is 4. The second-order valence-electron chi connectivity index (χ2n) is 13.0. The van der Waals surface area contributed by atoms with Crippen molar-refractivity contribution in [1.82, 2.24) is 0 Å². The van der Waals surface area contributed by atoms with E-state index in [0.29, 0.717) is 0 Å². The highest BCUT2D eigenvalue weighted by molar-refractivity contribution is 9.13. The van der Waals surface area contributed by atoms with Gasteiger partial charge in [-0.1, -0.05) is 64.5 Å². The monoisotopic (exact) mass is 944 g/mol. The molecular formula is C46H27Br3O8. The first-order chi connectivity index (χ1) is 27.3. The lowest BCUT2D eigenvalue weighted by molar-refractivity contribution is 0.0686. The molecule has 0 fully saturated rings. The van der Waals surface area contributed by atoms with E-state index in [1.807, 2.05) is 42.5 Å². The van der Waals surface area contributed by atoms with Gasteiger partial charge in [-0.05, 0) is 184 Å². The minimum absolute atomic E-state index is 0.158. The summed E-state index contributed by atoms with van der Waals surface area (Å²) in [4.78, 5) is 46.4. The molecule has 280 valence electrons. The van der Waals surface area contributed by atoms with Crippen LogP contribution in [0.15, 0.2) is 153 Å². The van der Waals surface area contributed by atoms with Gasteiger partial charge in [-0.25, -0.2) is 19.2 Å². The Kier molecular flexibility index (Phi) is 11.1. The summed E-state index contributed by atoms with van der Waals surface area (Å²) in [5.74, 6) is -4.12. The van der Waals surface area contributed by atoms with Crippen LogP contribution in [0.3, 0.4) is 0 Å². The van der Waals surface area contributed by atoms with Crippen molar-refractivity contribution in [1.29, 1.82) is 0 Å². The Hall–Kier alpha value is -6.14. The largest absolute Gasteiger partial charge is 0.478 e. The molecule has 0 atom stereocenters. The fourth-order valence-electron chi connectivity index (χ4n) is 6.51. The normalized spacial score (nSPS) is 10.9. The van der Waals surface area contributed by atoms with Crippen molar-refractivity contribution in [2.45, 2.75) is 0 Å². The van der Waals surface area contributed by atoms with Crippen LogP contribution in [0.4, 0.5) is 0 Å². The van der Waals surface area contributed by atoms with E-state index < -0.39 is 23.9 Å². The van der Waals surface area contributed by atoms with Crippen LogP contribution in [-0.4, -0.2) is 44.3 Å². The van der Waals surface area contributed by atoms with Crippen LogP contribution in [0.25, 0.3) is 66.8 Å². The molecule has 0 saturated heterocycles. The molecule has 0 aromatic heterocycles. The van der Waals surface area contributed by atoms with E-state index in [1.165, 1.54) is 0 Å². The Labute approximate surface area is 351 Å². The Morgan fingerprint density at radius 3 is 0.860 bits per heavy atom. The number of benzene rings is 7. The molecule has 8 nitrogen and oxygen atoms in total. The zero-order chi connectivity index (χ0) is 40.5. The summed E-state index contributed by atoms with van der Waals surface area (Å²) in [6.45, 7) is 0. The highest BCUT2D eigenvalue weighted by Crippen LogP contribution is 2.47. The molecule has 0 amide bonds. The summed E-state index contributed by atoms with van der Waals surface area (Å²) >= 11 is 11.6. The number of carbonyl (C=O) groups is 4. The SMILES string of the molecule is O=C(O)c1ccc(-c2cc(-c3ccc(C(=O)O)cc3)cc(-c3cc(Br)c(-c4cc(-c5ccc(C(=O)O)cc5)cc(-c5ccc(C(=O)O)cc5)c4)c(Br)c3Br)c2)cc1. The van der Waals surface area contributed by atoms with Crippen molar-refractivity contribution in [3.63, 3.8) is 0 Å². The highest BCUT2D eigenvalue weighted by Gasteiger charge is 2.20. The van der Waals surface area contributed by atoms with Crippen molar-refractivity contribution >= 4 is 71.7 Å². The van der Waals surface area contributed by atoms with Crippen LogP contribution in [0, 0.1) is 0 Å². The van der Waals surface area contributed by atoms with Crippen LogP contribution in [0.1, 0.15) is 41.4 Å². The predicted octanol–water partition coefficient (Wildman–Crippen LogP) is 12.8. The van der Waals surface area contributed by atoms with E-state index in [1.54, 1.807) is 97.1 Å². The van der Waals surface area contributed by atoms with E-state index >= 15 is 0 Å². The molecule has 0 aliphatic heterocycles. The maximum absolute atomic E-state index is 11.6. The predicted molar refractivity (Wildman–Crippen MR) is 230 cm³/mol. The first-order valence-electron chi connectivity index (χ1n) is 17.1. The number of carboxylic acids is 4. The number of aromatic carboxylic acids is 4. The first-order valence-corrected chi connectivity index (χ1v) is 19.5. The lowest BCUT2D eigenvalue weighted by atomic mass is 9.90. The van der Waals surface area contributed by atoms with Gasteiger partial charge in [0.25, 0.3) is 0 Å². The fourth-order valence-corrected chi connectivity index (χ4v) is 8.63. The third kappa shape index (κ3) is 8.22. The standard InChI is InChI=1S/C46H27Br3O8/c47-39-23-38(36-19-32(24-1-9-28(10-2-24)43(50)51)17-33(20-36)25-3-11-29(12-4-25)44(52)53)41(48)42(49)40(39)37-21-34(26-5-13-30(14-6-26)45(54)55)18-35(22-37)27-7-15-31(16-8-27)46(56)57/h1-23H,(H,50,51)(H,52,53)(H,54,55)(H,56,57).